The summed E-state index contributed by atoms with van der Waals surface area (Å²) in [5.74, 6) is 0. The molecule has 1 aromatic heterocycles. The number of rotatable bonds is 4. The number of nitrogens with zero attached hydrogens (tertiary/aromatic N) is 3. The summed E-state index contributed by atoms with van der Waals surface area (Å²) in [6.45, 7) is 6.47. The summed E-state index contributed by atoms with van der Waals surface area (Å²) in [7, 11) is 0. The van der Waals surface area contributed by atoms with Crippen LogP contribution in [0.25, 0.3) is 10.9 Å². The standard InChI is InChI=1S/C19H23N3O3S/c1-18(2,3)25-17(24)22-10-19(11-22,7-8-23)13-5-6-15-14(9-13)16(26-4)21-12-20-15/h5-6,8-9,12H,7,10-11H2,1-4H3. The molecule has 1 fully saturated rings. The van der Waals surface area contributed by atoms with Crippen LogP contribution in [0, 0.1) is 0 Å². The third kappa shape index (κ3) is 3.53. The Bertz CT molecular complexity index is 842. The minimum Gasteiger partial charge on any atom is -0.444 e. The lowest BCUT2D eigenvalue weighted by Gasteiger charge is -2.49. The van der Waals surface area contributed by atoms with E-state index in [2.05, 4.69) is 16.0 Å². The number of hydrogen-bond donors (Lipinski definition) is 0. The molecule has 2 aromatic rings. The molecule has 1 saturated heterocycles. The van der Waals surface area contributed by atoms with Crippen molar-refractivity contribution >= 4 is 35.0 Å². The predicted molar refractivity (Wildman–Crippen MR) is 101 cm³/mol. The van der Waals surface area contributed by atoms with Gasteiger partial charge in [0.05, 0.1) is 5.52 Å². The SMILES string of the molecule is CSc1ncnc2ccc(C3(CC=O)CN(C(=O)OC(C)(C)C)C3)cc12. The average Bonchev–Trinajstić information content (AvgIpc) is 2.55. The molecule has 0 radical (unpaired) electrons. The highest BCUT2D eigenvalue weighted by molar-refractivity contribution is 7.98. The Morgan fingerprint density at radius 1 is 1.35 bits per heavy atom. The first-order chi connectivity index (χ1) is 12.3. The van der Waals surface area contributed by atoms with Crippen molar-refractivity contribution in [2.24, 2.45) is 0 Å². The summed E-state index contributed by atoms with van der Waals surface area (Å²) in [6.07, 6.45) is 4.48. The summed E-state index contributed by atoms with van der Waals surface area (Å²) in [5, 5.41) is 1.87. The lowest BCUT2D eigenvalue weighted by molar-refractivity contribution is -0.110. The number of amides is 1. The van der Waals surface area contributed by atoms with Gasteiger partial charge in [0.2, 0.25) is 0 Å². The van der Waals surface area contributed by atoms with E-state index in [1.54, 1.807) is 23.0 Å². The number of fused-ring (bicyclic) bond motifs is 1. The summed E-state index contributed by atoms with van der Waals surface area (Å²) in [6, 6.07) is 6.00. The molecule has 1 amide bonds. The topological polar surface area (TPSA) is 72.4 Å². The maximum atomic E-state index is 12.3. The molecule has 3 rings (SSSR count). The van der Waals surface area contributed by atoms with Crippen molar-refractivity contribution < 1.29 is 14.3 Å². The summed E-state index contributed by atoms with van der Waals surface area (Å²) < 4.78 is 5.43. The largest absolute Gasteiger partial charge is 0.444 e. The molecule has 26 heavy (non-hydrogen) atoms. The molecule has 0 N–H and O–H groups in total. The summed E-state index contributed by atoms with van der Waals surface area (Å²) in [4.78, 5) is 33.9. The second-order valence-corrected chi connectivity index (χ2v) is 8.40. The molecule has 0 saturated carbocycles. The highest BCUT2D eigenvalue weighted by Gasteiger charge is 2.47. The first kappa shape index (κ1) is 18.6. The minimum absolute atomic E-state index is 0.340. The van der Waals surface area contributed by atoms with Gasteiger partial charge in [0.1, 0.15) is 23.2 Å². The van der Waals surface area contributed by atoms with Crippen LogP contribution in [-0.4, -0.2) is 52.2 Å². The van der Waals surface area contributed by atoms with Crippen LogP contribution in [0.1, 0.15) is 32.8 Å². The van der Waals surface area contributed by atoms with E-state index in [9.17, 15) is 9.59 Å². The van der Waals surface area contributed by atoms with Crippen LogP contribution in [0.3, 0.4) is 0 Å². The minimum atomic E-state index is -0.534. The maximum Gasteiger partial charge on any atom is 0.410 e. The Balaban J connectivity index is 1.89. The van der Waals surface area contributed by atoms with Crippen molar-refractivity contribution in [3.8, 4) is 0 Å². The molecule has 6 nitrogen and oxygen atoms in total. The molecule has 1 aliphatic rings. The summed E-state index contributed by atoms with van der Waals surface area (Å²) >= 11 is 1.56. The Labute approximate surface area is 157 Å². The molecule has 0 spiro atoms. The molecule has 1 aromatic carbocycles. The molecule has 2 heterocycles. The van der Waals surface area contributed by atoms with Crippen LogP contribution in [0.15, 0.2) is 29.6 Å². The number of thioether (sulfide) groups is 1. The van der Waals surface area contributed by atoms with Crippen molar-refractivity contribution in [2.75, 3.05) is 19.3 Å². The Morgan fingerprint density at radius 3 is 2.69 bits per heavy atom. The molecule has 0 unspecified atom stereocenters. The van der Waals surface area contributed by atoms with Gasteiger partial charge in [0, 0.05) is 30.3 Å². The zero-order valence-corrected chi connectivity index (χ0v) is 16.3. The van der Waals surface area contributed by atoms with Crippen molar-refractivity contribution in [3.05, 3.63) is 30.1 Å². The number of aromatic nitrogens is 2. The third-order valence-corrected chi connectivity index (χ3v) is 5.23. The van der Waals surface area contributed by atoms with Gasteiger partial charge in [0.15, 0.2) is 0 Å². The second kappa shape index (κ2) is 6.87. The quantitative estimate of drug-likeness (QED) is 0.464. The zero-order valence-electron chi connectivity index (χ0n) is 15.5. The van der Waals surface area contributed by atoms with Crippen LogP contribution >= 0.6 is 11.8 Å². The van der Waals surface area contributed by atoms with E-state index < -0.39 is 5.60 Å². The number of hydrogen-bond acceptors (Lipinski definition) is 6. The van der Waals surface area contributed by atoms with Crippen molar-refractivity contribution in [2.45, 2.75) is 43.2 Å². The van der Waals surface area contributed by atoms with E-state index >= 15 is 0 Å². The number of aldehydes is 1. The number of carbonyl (C=O) groups is 2. The fraction of sp³-hybridized carbons (Fsp3) is 0.474. The monoisotopic (exact) mass is 373 g/mol. The lowest BCUT2D eigenvalue weighted by atomic mass is 9.71. The molecular formula is C19H23N3O3S. The highest BCUT2D eigenvalue weighted by atomic mass is 32.2. The van der Waals surface area contributed by atoms with Crippen LogP contribution in [-0.2, 0) is 14.9 Å². The first-order valence-corrected chi connectivity index (χ1v) is 9.71. The van der Waals surface area contributed by atoms with Crippen molar-refractivity contribution in [3.63, 3.8) is 0 Å². The van der Waals surface area contributed by atoms with Crippen LogP contribution in [0.5, 0.6) is 0 Å². The van der Waals surface area contributed by atoms with Crippen LogP contribution in [0.2, 0.25) is 0 Å². The average molecular weight is 373 g/mol. The predicted octanol–water partition coefficient (Wildman–Crippen LogP) is 3.43. The van der Waals surface area contributed by atoms with Gasteiger partial charge in [-0.1, -0.05) is 6.07 Å². The number of ether oxygens (including phenoxy) is 1. The maximum absolute atomic E-state index is 12.3. The van der Waals surface area contributed by atoms with Crippen LogP contribution in [0.4, 0.5) is 4.79 Å². The van der Waals surface area contributed by atoms with E-state index in [4.69, 9.17) is 4.74 Å². The molecule has 0 aliphatic carbocycles. The lowest BCUT2D eigenvalue weighted by Crippen LogP contribution is -2.62. The number of likely N-dealkylation sites (tertiary alicyclic amines) is 1. The van der Waals surface area contributed by atoms with Gasteiger partial charge in [-0.2, -0.15) is 0 Å². The second-order valence-electron chi connectivity index (χ2n) is 7.60. The molecule has 0 atom stereocenters. The van der Waals surface area contributed by atoms with Gasteiger partial charge < -0.3 is 14.4 Å². The molecule has 138 valence electrons. The van der Waals surface area contributed by atoms with E-state index in [-0.39, 0.29) is 11.5 Å². The van der Waals surface area contributed by atoms with Gasteiger partial charge in [-0.25, -0.2) is 14.8 Å². The molecule has 0 bridgehead atoms. The number of carbonyl (C=O) groups excluding carboxylic acids is 2. The van der Waals surface area contributed by atoms with E-state index in [0.29, 0.717) is 19.5 Å². The normalized spacial score (nSPS) is 16.2. The van der Waals surface area contributed by atoms with Crippen molar-refractivity contribution in [1.29, 1.82) is 0 Å². The number of benzene rings is 1. The van der Waals surface area contributed by atoms with Gasteiger partial charge in [0.25, 0.3) is 0 Å². The third-order valence-electron chi connectivity index (χ3n) is 4.52. The van der Waals surface area contributed by atoms with Gasteiger partial charge in [-0.15, -0.1) is 11.8 Å². The molecular weight excluding hydrogens is 350 g/mol. The van der Waals surface area contributed by atoms with Gasteiger partial charge in [-0.05, 0) is 44.7 Å². The Morgan fingerprint density at radius 2 is 2.08 bits per heavy atom. The fourth-order valence-corrected chi connectivity index (χ4v) is 3.79. The summed E-state index contributed by atoms with van der Waals surface area (Å²) in [5.41, 5.74) is 0.992. The molecule has 1 aliphatic heterocycles. The first-order valence-electron chi connectivity index (χ1n) is 8.49. The smallest absolute Gasteiger partial charge is 0.410 e. The van der Waals surface area contributed by atoms with E-state index in [1.165, 1.54) is 0 Å². The van der Waals surface area contributed by atoms with Crippen molar-refractivity contribution in [1.82, 2.24) is 14.9 Å². The Hall–Kier alpha value is -2.15. The van der Waals surface area contributed by atoms with Crippen LogP contribution < -0.4 is 0 Å². The zero-order chi connectivity index (χ0) is 18.9. The van der Waals surface area contributed by atoms with Gasteiger partial charge >= 0.3 is 6.09 Å². The van der Waals surface area contributed by atoms with E-state index in [0.717, 1.165) is 27.8 Å². The molecule has 7 heteroatoms. The fourth-order valence-electron chi connectivity index (χ4n) is 3.25. The van der Waals surface area contributed by atoms with Gasteiger partial charge in [-0.3, -0.25) is 0 Å². The highest BCUT2D eigenvalue weighted by Crippen LogP contribution is 2.39. The Kier molecular flexibility index (Phi) is 4.92. The van der Waals surface area contributed by atoms with E-state index in [1.807, 2.05) is 39.2 Å².